The van der Waals surface area contributed by atoms with Crippen LogP contribution in [0.15, 0.2) is 30.5 Å². The second kappa shape index (κ2) is 6.64. The Bertz CT molecular complexity index is 997. The second-order valence-corrected chi connectivity index (χ2v) is 5.99. The number of nitrogens with zero attached hydrogens (tertiary/aromatic N) is 1. The monoisotopic (exact) mass is 360 g/mol. The number of benzene rings is 1. The number of carbonyl (C=O) groups is 2. The van der Waals surface area contributed by atoms with Crippen molar-refractivity contribution in [1.29, 1.82) is 0 Å². The normalized spacial score (nSPS) is 11.0. The first-order valence-corrected chi connectivity index (χ1v) is 8.00. The maximum Gasteiger partial charge on any atom is 0.307 e. The summed E-state index contributed by atoms with van der Waals surface area (Å²) in [6.45, 7) is 1.77. The van der Waals surface area contributed by atoms with Crippen LogP contribution < -0.4 is 0 Å². The van der Waals surface area contributed by atoms with Crippen molar-refractivity contribution in [3.8, 4) is 0 Å². The highest BCUT2D eigenvalue weighted by Crippen LogP contribution is 2.28. The van der Waals surface area contributed by atoms with Crippen molar-refractivity contribution in [2.45, 2.75) is 19.8 Å². The number of H-pyrrole nitrogens is 1. The maximum absolute atomic E-state index is 14.5. The summed E-state index contributed by atoms with van der Waals surface area (Å²) in [6, 6.07) is 6.35. The zero-order valence-electron chi connectivity index (χ0n) is 13.3. The molecular weight excluding hydrogens is 347 g/mol. The predicted octanol–water partition coefficient (Wildman–Crippen LogP) is 3.78. The molecule has 0 fully saturated rings. The van der Waals surface area contributed by atoms with Gasteiger partial charge in [-0.15, -0.1) is 0 Å². The minimum atomic E-state index is -1.11. The molecule has 128 valence electrons. The van der Waals surface area contributed by atoms with Crippen LogP contribution in [-0.2, 0) is 17.6 Å². The molecule has 0 bridgehead atoms. The molecule has 1 aromatic carbocycles. The Kier molecular flexibility index (Phi) is 4.55. The van der Waals surface area contributed by atoms with E-state index in [0.717, 1.165) is 0 Å². The lowest BCUT2D eigenvalue weighted by Gasteiger charge is -2.06. The quantitative estimate of drug-likeness (QED) is 0.678. The number of rotatable bonds is 5. The van der Waals surface area contributed by atoms with Crippen LogP contribution in [0.2, 0.25) is 5.02 Å². The van der Waals surface area contributed by atoms with E-state index in [-0.39, 0.29) is 17.0 Å². The zero-order chi connectivity index (χ0) is 18.1. The Hall–Kier alpha value is -2.73. The molecule has 0 atom stereocenters. The minimum Gasteiger partial charge on any atom is -0.481 e. The van der Waals surface area contributed by atoms with Gasteiger partial charge in [0.2, 0.25) is 5.78 Å². The van der Waals surface area contributed by atoms with E-state index in [4.69, 9.17) is 11.6 Å². The first kappa shape index (κ1) is 17.1. The van der Waals surface area contributed by atoms with Gasteiger partial charge in [0.1, 0.15) is 5.69 Å². The van der Waals surface area contributed by atoms with Gasteiger partial charge >= 0.3 is 5.97 Å². The highest BCUT2D eigenvalue weighted by atomic mass is 35.5. The lowest BCUT2D eigenvalue weighted by Crippen LogP contribution is -2.13. The molecule has 0 aliphatic heterocycles. The standard InChI is InChI=1S/C18H14ClFN2O3/c1-2-9-5-6-21-17(15(9)20)18(25)16-12(8-14(23)24)11-7-10(19)3-4-13(11)22-16/h3-7,22H,2,8H2,1H3,(H,23,24). The van der Waals surface area contributed by atoms with Crippen molar-refractivity contribution in [2.75, 3.05) is 0 Å². The molecule has 0 saturated carbocycles. The third-order valence-electron chi connectivity index (χ3n) is 3.99. The molecule has 0 aliphatic rings. The van der Waals surface area contributed by atoms with E-state index in [9.17, 15) is 19.1 Å². The molecule has 0 unspecified atom stereocenters. The van der Waals surface area contributed by atoms with E-state index in [0.29, 0.717) is 27.9 Å². The van der Waals surface area contributed by atoms with Crippen LogP contribution in [0.5, 0.6) is 0 Å². The zero-order valence-corrected chi connectivity index (χ0v) is 14.0. The summed E-state index contributed by atoms with van der Waals surface area (Å²) in [5.41, 5.74) is 0.870. The Morgan fingerprint density at radius 2 is 2.08 bits per heavy atom. The fraction of sp³-hybridized carbons (Fsp3) is 0.167. The Balaban J connectivity index is 2.21. The number of pyridine rings is 1. The van der Waals surface area contributed by atoms with Gasteiger partial charge in [-0.25, -0.2) is 9.37 Å². The fourth-order valence-corrected chi connectivity index (χ4v) is 2.95. The molecule has 3 aromatic rings. The van der Waals surface area contributed by atoms with Gasteiger partial charge in [0.05, 0.1) is 12.1 Å². The molecule has 2 aromatic heterocycles. The molecule has 0 aliphatic carbocycles. The van der Waals surface area contributed by atoms with Crippen molar-refractivity contribution in [2.24, 2.45) is 0 Å². The summed E-state index contributed by atoms with van der Waals surface area (Å²) in [4.78, 5) is 30.8. The highest BCUT2D eigenvalue weighted by Gasteiger charge is 2.25. The van der Waals surface area contributed by atoms with Crippen LogP contribution in [-0.4, -0.2) is 26.8 Å². The number of aliphatic carboxylic acids is 1. The van der Waals surface area contributed by atoms with E-state index in [1.807, 2.05) is 0 Å². The van der Waals surface area contributed by atoms with E-state index in [1.54, 1.807) is 25.1 Å². The molecule has 25 heavy (non-hydrogen) atoms. The third kappa shape index (κ3) is 3.13. The molecule has 7 heteroatoms. The van der Waals surface area contributed by atoms with Gasteiger partial charge in [-0.1, -0.05) is 18.5 Å². The Morgan fingerprint density at radius 3 is 2.76 bits per heavy atom. The molecule has 0 saturated heterocycles. The molecule has 0 amide bonds. The average Bonchev–Trinajstić information content (AvgIpc) is 2.92. The highest BCUT2D eigenvalue weighted by molar-refractivity contribution is 6.31. The summed E-state index contributed by atoms with van der Waals surface area (Å²) in [6.07, 6.45) is 1.39. The SMILES string of the molecule is CCc1ccnc(C(=O)c2[nH]c3ccc(Cl)cc3c2CC(=O)O)c1F. The first-order chi connectivity index (χ1) is 11.9. The topological polar surface area (TPSA) is 83.0 Å². The van der Waals surface area contributed by atoms with Crippen LogP contribution in [0.1, 0.15) is 34.2 Å². The van der Waals surface area contributed by atoms with E-state index in [2.05, 4.69) is 9.97 Å². The smallest absolute Gasteiger partial charge is 0.307 e. The molecule has 3 rings (SSSR count). The fourth-order valence-electron chi connectivity index (χ4n) is 2.78. The second-order valence-electron chi connectivity index (χ2n) is 5.55. The number of aromatic nitrogens is 2. The van der Waals surface area contributed by atoms with Crippen molar-refractivity contribution in [1.82, 2.24) is 9.97 Å². The van der Waals surface area contributed by atoms with Gasteiger partial charge in [0.15, 0.2) is 5.82 Å². The molecule has 5 nitrogen and oxygen atoms in total. The maximum atomic E-state index is 14.5. The number of hydrogen-bond acceptors (Lipinski definition) is 3. The number of hydrogen-bond donors (Lipinski definition) is 2. The van der Waals surface area contributed by atoms with Gasteiger partial charge in [-0.2, -0.15) is 0 Å². The van der Waals surface area contributed by atoms with Crippen molar-refractivity contribution < 1.29 is 19.1 Å². The van der Waals surface area contributed by atoms with Crippen LogP contribution in [0.4, 0.5) is 4.39 Å². The van der Waals surface area contributed by atoms with Crippen LogP contribution in [0.3, 0.4) is 0 Å². The molecular formula is C18H14ClFN2O3. The van der Waals surface area contributed by atoms with Crippen LogP contribution in [0, 0.1) is 5.82 Å². The number of carboxylic acid groups (broad SMARTS) is 1. The summed E-state index contributed by atoms with van der Waals surface area (Å²) in [7, 11) is 0. The van der Waals surface area contributed by atoms with Crippen LogP contribution in [0.25, 0.3) is 10.9 Å². The molecule has 2 N–H and O–H groups in total. The van der Waals surface area contributed by atoms with E-state index >= 15 is 0 Å². The summed E-state index contributed by atoms with van der Waals surface area (Å²) in [5.74, 6) is -2.48. The number of halogens is 2. The molecule has 0 spiro atoms. The number of carbonyl (C=O) groups excluding carboxylic acids is 1. The molecule has 2 heterocycles. The van der Waals surface area contributed by atoms with Crippen molar-refractivity contribution in [3.63, 3.8) is 0 Å². The van der Waals surface area contributed by atoms with Gasteiger partial charge in [0, 0.05) is 27.7 Å². The van der Waals surface area contributed by atoms with Gasteiger partial charge in [-0.05, 0) is 36.2 Å². The van der Waals surface area contributed by atoms with Crippen molar-refractivity contribution >= 4 is 34.3 Å². The average molecular weight is 361 g/mol. The first-order valence-electron chi connectivity index (χ1n) is 7.62. The lowest BCUT2D eigenvalue weighted by molar-refractivity contribution is -0.136. The Labute approximate surface area is 147 Å². The Morgan fingerprint density at radius 1 is 1.32 bits per heavy atom. The van der Waals surface area contributed by atoms with Gasteiger partial charge in [-0.3, -0.25) is 9.59 Å². The van der Waals surface area contributed by atoms with Gasteiger partial charge < -0.3 is 10.1 Å². The number of ketones is 1. The largest absolute Gasteiger partial charge is 0.481 e. The number of carboxylic acids is 1. The number of fused-ring (bicyclic) bond motifs is 1. The van der Waals surface area contributed by atoms with Crippen molar-refractivity contribution in [3.05, 3.63) is 63.8 Å². The van der Waals surface area contributed by atoms with Gasteiger partial charge in [0.25, 0.3) is 0 Å². The van der Waals surface area contributed by atoms with E-state index in [1.165, 1.54) is 12.3 Å². The minimum absolute atomic E-state index is 0.0133. The summed E-state index contributed by atoms with van der Waals surface area (Å²) in [5, 5.41) is 10.1. The summed E-state index contributed by atoms with van der Waals surface area (Å²) >= 11 is 5.98. The number of nitrogens with one attached hydrogen (secondary N) is 1. The summed E-state index contributed by atoms with van der Waals surface area (Å²) < 4.78 is 14.5. The van der Waals surface area contributed by atoms with E-state index < -0.39 is 24.0 Å². The number of aromatic amines is 1. The van der Waals surface area contributed by atoms with Crippen LogP contribution >= 0.6 is 11.6 Å². The third-order valence-corrected chi connectivity index (χ3v) is 4.22. The molecule has 0 radical (unpaired) electrons. The predicted molar refractivity (Wildman–Crippen MR) is 91.7 cm³/mol. The number of aryl methyl sites for hydroxylation is 1. The lowest BCUT2D eigenvalue weighted by atomic mass is 10.0.